The molecule has 7 nitrogen and oxygen atoms in total. The zero-order valence-corrected chi connectivity index (χ0v) is 16.5. The van der Waals surface area contributed by atoms with E-state index in [1.807, 2.05) is 53.2 Å². The van der Waals surface area contributed by atoms with Crippen molar-refractivity contribution in [2.45, 2.75) is 19.9 Å². The standard InChI is InChI=1S/C23H21N5O2/c1-2-16-7-11-18(12-8-16)22(29)25-26-23(30)19-13-9-17(10-14-19)15-28-21-6-4-3-5-20(21)24-27-28/h3-14H,2,15H2,1H3,(H,25,29)(H,26,30). The molecule has 0 aliphatic heterocycles. The number of hydrogen-bond acceptors (Lipinski definition) is 4. The Morgan fingerprint density at radius 3 is 1.97 bits per heavy atom. The summed E-state index contributed by atoms with van der Waals surface area (Å²) in [4.78, 5) is 24.5. The van der Waals surface area contributed by atoms with Gasteiger partial charge in [0.2, 0.25) is 0 Å². The second-order valence-corrected chi connectivity index (χ2v) is 6.89. The first-order chi connectivity index (χ1) is 14.6. The Labute approximate surface area is 173 Å². The highest BCUT2D eigenvalue weighted by atomic mass is 16.2. The largest absolute Gasteiger partial charge is 0.269 e. The summed E-state index contributed by atoms with van der Waals surface area (Å²) in [6.07, 6.45) is 0.905. The van der Waals surface area contributed by atoms with Gasteiger partial charge in [-0.05, 0) is 53.9 Å². The van der Waals surface area contributed by atoms with Crippen LogP contribution in [0.4, 0.5) is 0 Å². The van der Waals surface area contributed by atoms with Crippen molar-refractivity contribution in [2.75, 3.05) is 0 Å². The zero-order valence-electron chi connectivity index (χ0n) is 16.5. The molecular weight excluding hydrogens is 378 g/mol. The van der Waals surface area contributed by atoms with Crippen molar-refractivity contribution in [3.05, 3.63) is 95.1 Å². The fourth-order valence-electron chi connectivity index (χ4n) is 3.12. The van der Waals surface area contributed by atoms with E-state index < -0.39 is 0 Å². The number of fused-ring (bicyclic) bond motifs is 1. The van der Waals surface area contributed by atoms with Gasteiger partial charge in [-0.3, -0.25) is 20.4 Å². The molecular formula is C23H21N5O2. The number of hydrogen-bond donors (Lipinski definition) is 2. The van der Waals surface area contributed by atoms with E-state index in [0.717, 1.165) is 28.6 Å². The molecule has 1 aromatic heterocycles. The molecule has 150 valence electrons. The smallest absolute Gasteiger partial charge is 0.267 e. The number of hydrazine groups is 1. The van der Waals surface area contributed by atoms with Gasteiger partial charge in [0.15, 0.2) is 0 Å². The average molecular weight is 399 g/mol. The maximum Gasteiger partial charge on any atom is 0.269 e. The summed E-state index contributed by atoms with van der Waals surface area (Å²) >= 11 is 0. The molecule has 2 N–H and O–H groups in total. The van der Waals surface area contributed by atoms with Gasteiger partial charge in [-0.2, -0.15) is 0 Å². The van der Waals surface area contributed by atoms with Crippen molar-refractivity contribution in [3.63, 3.8) is 0 Å². The second kappa shape index (κ2) is 8.57. The Kier molecular flexibility index (Phi) is 5.52. The summed E-state index contributed by atoms with van der Waals surface area (Å²) in [7, 11) is 0. The average Bonchev–Trinajstić information content (AvgIpc) is 3.20. The predicted octanol–water partition coefficient (Wildman–Crippen LogP) is 3.12. The minimum Gasteiger partial charge on any atom is -0.267 e. The lowest BCUT2D eigenvalue weighted by Gasteiger charge is -2.09. The monoisotopic (exact) mass is 399 g/mol. The van der Waals surface area contributed by atoms with E-state index in [9.17, 15) is 9.59 Å². The lowest BCUT2D eigenvalue weighted by Crippen LogP contribution is -2.41. The van der Waals surface area contributed by atoms with Gasteiger partial charge in [0.25, 0.3) is 11.8 Å². The summed E-state index contributed by atoms with van der Waals surface area (Å²) in [5.41, 5.74) is 9.76. The maximum absolute atomic E-state index is 12.3. The van der Waals surface area contributed by atoms with E-state index in [1.165, 1.54) is 0 Å². The normalized spacial score (nSPS) is 10.7. The minimum atomic E-state index is -0.383. The number of amides is 2. The van der Waals surface area contributed by atoms with Crippen LogP contribution in [0.25, 0.3) is 11.0 Å². The van der Waals surface area contributed by atoms with Gasteiger partial charge in [0.1, 0.15) is 5.52 Å². The number of carbonyl (C=O) groups excluding carboxylic acids is 2. The molecule has 2 amide bonds. The lowest BCUT2D eigenvalue weighted by molar-refractivity contribution is 0.0846. The first kappa shape index (κ1) is 19.3. The molecule has 30 heavy (non-hydrogen) atoms. The van der Waals surface area contributed by atoms with Crippen molar-refractivity contribution in [3.8, 4) is 0 Å². The predicted molar refractivity (Wildman–Crippen MR) is 114 cm³/mol. The van der Waals surface area contributed by atoms with Gasteiger partial charge >= 0.3 is 0 Å². The third-order valence-electron chi connectivity index (χ3n) is 4.88. The number of nitrogens with one attached hydrogen (secondary N) is 2. The highest BCUT2D eigenvalue weighted by molar-refractivity contribution is 5.99. The number of benzene rings is 3. The van der Waals surface area contributed by atoms with Crippen LogP contribution in [0.3, 0.4) is 0 Å². The molecule has 0 saturated heterocycles. The fraction of sp³-hybridized carbons (Fsp3) is 0.130. The van der Waals surface area contributed by atoms with Crippen LogP contribution in [0.1, 0.15) is 38.8 Å². The third-order valence-corrected chi connectivity index (χ3v) is 4.88. The van der Waals surface area contributed by atoms with Gasteiger partial charge in [-0.15, -0.1) is 5.10 Å². The Bertz CT molecular complexity index is 1180. The van der Waals surface area contributed by atoms with E-state index in [1.54, 1.807) is 24.3 Å². The van der Waals surface area contributed by atoms with Crippen LogP contribution in [0.5, 0.6) is 0 Å². The maximum atomic E-state index is 12.3. The SMILES string of the molecule is CCc1ccc(C(=O)NNC(=O)c2ccc(Cn3nnc4ccccc43)cc2)cc1. The molecule has 0 bridgehead atoms. The van der Waals surface area contributed by atoms with Gasteiger partial charge in [-0.1, -0.05) is 48.5 Å². The van der Waals surface area contributed by atoms with E-state index in [2.05, 4.69) is 28.1 Å². The molecule has 0 aliphatic rings. The summed E-state index contributed by atoms with van der Waals surface area (Å²) < 4.78 is 1.81. The summed E-state index contributed by atoms with van der Waals surface area (Å²) in [6, 6.07) is 22.2. The quantitative estimate of drug-likeness (QED) is 0.505. The molecule has 0 aliphatic carbocycles. The number of nitrogens with zero attached hydrogens (tertiary/aromatic N) is 3. The van der Waals surface area contributed by atoms with Crippen LogP contribution in [0, 0.1) is 0 Å². The number of aromatic nitrogens is 3. The molecule has 0 saturated carbocycles. The van der Waals surface area contributed by atoms with E-state index in [-0.39, 0.29) is 11.8 Å². The summed E-state index contributed by atoms with van der Waals surface area (Å²) in [5.74, 6) is -0.744. The number of para-hydroxylation sites is 1. The molecule has 0 atom stereocenters. The molecule has 0 unspecified atom stereocenters. The van der Waals surface area contributed by atoms with E-state index in [0.29, 0.717) is 17.7 Å². The zero-order chi connectivity index (χ0) is 20.9. The topological polar surface area (TPSA) is 88.9 Å². The Hall–Kier alpha value is -4.00. The number of aryl methyl sites for hydroxylation is 1. The molecule has 3 aromatic carbocycles. The first-order valence-corrected chi connectivity index (χ1v) is 9.71. The molecule has 0 radical (unpaired) electrons. The Balaban J connectivity index is 1.36. The highest BCUT2D eigenvalue weighted by Crippen LogP contribution is 2.13. The van der Waals surface area contributed by atoms with Crippen LogP contribution >= 0.6 is 0 Å². The lowest BCUT2D eigenvalue weighted by atomic mass is 10.1. The van der Waals surface area contributed by atoms with Crippen molar-refractivity contribution in [1.29, 1.82) is 0 Å². The highest BCUT2D eigenvalue weighted by Gasteiger charge is 2.10. The first-order valence-electron chi connectivity index (χ1n) is 9.71. The van der Waals surface area contributed by atoms with Gasteiger partial charge in [-0.25, -0.2) is 4.68 Å². The minimum absolute atomic E-state index is 0.360. The van der Waals surface area contributed by atoms with E-state index in [4.69, 9.17) is 0 Å². The van der Waals surface area contributed by atoms with E-state index >= 15 is 0 Å². The summed E-state index contributed by atoms with van der Waals surface area (Å²) in [6.45, 7) is 2.60. The number of carbonyl (C=O) groups is 2. The molecule has 1 heterocycles. The van der Waals surface area contributed by atoms with Crippen LogP contribution in [0.2, 0.25) is 0 Å². The molecule has 4 rings (SSSR count). The third kappa shape index (κ3) is 4.20. The van der Waals surface area contributed by atoms with Crippen molar-refractivity contribution >= 4 is 22.8 Å². The van der Waals surface area contributed by atoms with Crippen LogP contribution in [0.15, 0.2) is 72.8 Å². The second-order valence-electron chi connectivity index (χ2n) is 6.89. The van der Waals surface area contributed by atoms with Crippen molar-refractivity contribution in [1.82, 2.24) is 25.8 Å². The van der Waals surface area contributed by atoms with Crippen LogP contribution in [-0.4, -0.2) is 26.8 Å². The molecule has 7 heteroatoms. The van der Waals surface area contributed by atoms with Crippen molar-refractivity contribution in [2.24, 2.45) is 0 Å². The van der Waals surface area contributed by atoms with Gasteiger partial charge in [0.05, 0.1) is 12.1 Å². The Morgan fingerprint density at radius 1 is 0.800 bits per heavy atom. The van der Waals surface area contributed by atoms with Crippen LogP contribution in [-0.2, 0) is 13.0 Å². The molecule has 4 aromatic rings. The van der Waals surface area contributed by atoms with Gasteiger partial charge < -0.3 is 0 Å². The van der Waals surface area contributed by atoms with Crippen molar-refractivity contribution < 1.29 is 9.59 Å². The molecule has 0 fully saturated rings. The summed E-state index contributed by atoms with van der Waals surface area (Å²) in [5, 5.41) is 8.32. The van der Waals surface area contributed by atoms with Crippen LogP contribution < -0.4 is 10.9 Å². The number of rotatable bonds is 5. The fourth-order valence-corrected chi connectivity index (χ4v) is 3.12. The van der Waals surface area contributed by atoms with Gasteiger partial charge in [0, 0.05) is 11.1 Å². The Morgan fingerprint density at radius 2 is 1.37 bits per heavy atom. The molecule has 0 spiro atoms.